The van der Waals surface area contributed by atoms with Crippen LogP contribution < -0.4 is 15.4 Å². The summed E-state index contributed by atoms with van der Waals surface area (Å²) in [5.74, 6) is 1.15. The van der Waals surface area contributed by atoms with Gasteiger partial charge in [0.1, 0.15) is 0 Å². The number of nitrogens with two attached hydrogens (primary N) is 1. The highest BCUT2D eigenvalue weighted by molar-refractivity contribution is 9.10. The van der Waals surface area contributed by atoms with Crippen LogP contribution in [0.3, 0.4) is 0 Å². The van der Waals surface area contributed by atoms with E-state index in [9.17, 15) is 0 Å². The predicted molar refractivity (Wildman–Crippen MR) is 82.7 cm³/mol. The minimum absolute atomic E-state index is 0.528. The van der Waals surface area contributed by atoms with E-state index in [4.69, 9.17) is 10.5 Å². The molecule has 2 rings (SSSR count). The number of rotatable bonds is 5. The molecule has 0 saturated heterocycles. The van der Waals surface area contributed by atoms with Crippen molar-refractivity contribution in [1.29, 1.82) is 0 Å². The first-order valence-electron chi connectivity index (χ1n) is 6.19. The third kappa shape index (κ3) is 3.46. The fourth-order valence-corrected chi connectivity index (χ4v) is 2.15. The lowest BCUT2D eigenvalue weighted by atomic mass is 10.1. The summed E-state index contributed by atoms with van der Waals surface area (Å²) in [6.07, 6.45) is 1.69. The molecule has 2 aromatic rings. The van der Waals surface area contributed by atoms with Gasteiger partial charge in [-0.1, -0.05) is 24.3 Å². The average Bonchev–Trinajstić information content (AvgIpc) is 2.48. The second kappa shape index (κ2) is 6.67. The van der Waals surface area contributed by atoms with E-state index in [-0.39, 0.29) is 0 Å². The Kier molecular flexibility index (Phi) is 4.92. The summed E-state index contributed by atoms with van der Waals surface area (Å²) < 4.78 is 5.92. The molecule has 1 aromatic carbocycles. The number of benzene rings is 1. The van der Waals surface area contributed by atoms with E-state index in [2.05, 4.69) is 38.0 Å². The Morgan fingerprint density at radius 1 is 1.25 bits per heavy atom. The summed E-state index contributed by atoms with van der Waals surface area (Å²) in [5, 5.41) is 0. The summed E-state index contributed by atoms with van der Waals surface area (Å²) in [6.45, 7) is 1.28. The molecule has 0 unspecified atom stereocenters. The fourth-order valence-electron chi connectivity index (χ4n) is 1.80. The fraction of sp³-hybridized carbons (Fsp3) is 0.286. The normalized spacial score (nSPS) is 10.4. The van der Waals surface area contributed by atoms with E-state index in [1.807, 2.05) is 24.1 Å². The molecule has 0 radical (unpaired) electrons. The maximum atomic E-state index is 5.59. The molecular weight excluding hydrogens is 320 g/mol. The van der Waals surface area contributed by atoms with Crippen LogP contribution in [0.2, 0.25) is 0 Å². The zero-order valence-corrected chi connectivity index (χ0v) is 13.1. The van der Waals surface area contributed by atoms with Gasteiger partial charge in [-0.25, -0.2) is 4.98 Å². The van der Waals surface area contributed by atoms with E-state index < -0.39 is 0 Å². The number of hydrogen-bond acceptors (Lipinski definition) is 5. The Labute approximate surface area is 126 Å². The minimum Gasteiger partial charge on any atom is -0.480 e. The van der Waals surface area contributed by atoms with Crippen LogP contribution in [0, 0.1) is 0 Å². The first-order valence-corrected chi connectivity index (χ1v) is 6.99. The van der Waals surface area contributed by atoms with Gasteiger partial charge in [0.05, 0.1) is 17.8 Å². The van der Waals surface area contributed by atoms with Crippen LogP contribution in [-0.2, 0) is 13.1 Å². The molecule has 0 spiro atoms. The van der Waals surface area contributed by atoms with Crippen molar-refractivity contribution in [2.24, 2.45) is 5.73 Å². The predicted octanol–water partition coefficient (Wildman–Crippen LogP) is 2.34. The Morgan fingerprint density at radius 3 is 2.50 bits per heavy atom. The highest BCUT2D eigenvalue weighted by Gasteiger charge is 2.09. The smallest absolute Gasteiger partial charge is 0.232 e. The van der Waals surface area contributed by atoms with E-state index in [0.717, 1.165) is 16.6 Å². The molecule has 0 saturated carbocycles. The molecule has 20 heavy (non-hydrogen) atoms. The van der Waals surface area contributed by atoms with Gasteiger partial charge in [0.15, 0.2) is 0 Å². The number of anilines is 1. The molecule has 0 atom stereocenters. The van der Waals surface area contributed by atoms with Gasteiger partial charge in [0.2, 0.25) is 11.8 Å². The summed E-state index contributed by atoms with van der Waals surface area (Å²) in [7, 11) is 3.53. The zero-order chi connectivity index (χ0) is 14.5. The van der Waals surface area contributed by atoms with Gasteiger partial charge >= 0.3 is 0 Å². The first kappa shape index (κ1) is 14.7. The van der Waals surface area contributed by atoms with Crippen LogP contribution in [0.15, 0.2) is 34.9 Å². The molecule has 1 aromatic heterocycles. The largest absolute Gasteiger partial charge is 0.480 e. The van der Waals surface area contributed by atoms with Gasteiger partial charge in [-0.15, -0.1) is 0 Å². The molecular formula is C14H17BrN4O. The third-order valence-corrected chi connectivity index (χ3v) is 3.46. The standard InChI is InChI=1S/C14H17BrN4O/c1-19(9-11-5-3-10(7-16)4-6-11)14-17-8-12(15)13(18-14)20-2/h3-6,8H,7,9,16H2,1-2H3. The summed E-state index contributed by atoms with van der Waals surface area (Å²) in [5.41, 5.74) is 7.89. The second-order valence-corrected chi connectivity index (χ2v) is 5.26. The van der Waals surface area contributed by atoms with Crippen LogP contribution in [0.5, 0.6) is 5.88 Å². The van der Waals surface area contributed by atoms with Crippen molar-refractivity contribution < 1.29 is 4.74 Å². The SMILES string of the molecule is COc1nc(N(C)Cc2ccc(CN)cc2)ncc1Br. The second-order valence-electron chi connectivity index (χ2n) is 4.40. The monoisotopic (exact) mass is 336 g/mol. The van der Waals surface area contributed by atoms with Gasteiger partial charge < -0.3 is 15.4 Å². The van der Waals surface area contributed by atoms with Gasteiger partial charge in [-0.3, -0.25) is 0 Å². The van der Waals surface area contributed by atoms with Crippen molar-refractivity contribution in [2.45, 2.75) is 13.1 Å². The third-order valence-electron chi connectivity index (χ3n) is 2.91. The maximum absolute atomic E-state index is 5.59. The van der Waals surface area contributed by atoms with Crippen molar-refractivity contribution in [3.05, 3.63) is 46.1 Å². The average molecular weight is 337 g/mol. The van der Waals surface area contributed by atoms with Gasteiger partial charge in [-0.2, -0.15) is 4.98 Å². The highest BCUT2D eigenvalue weighted by Crippen LogP contribution is 2.23. The molecule has 0 aliphatic heterocycles. The quantitative estimate of drug-likeness (QED) is 0.907. The van der Waals surface area contributed by atoms with Crippen molar-refractivity contribution in [1.82, 2.24) is 9.97 Å². The molecule has 0 fully saturated rings. The molecule has 5 nitrogen and oxygen atoms in total. The number of hydrogen-bond donors (Lipinski definition) is 1. The van der Waals surface area contributed by atoms with Gasteiger partial charge in [0.25, 0.3) is 0 Å². The van der Waals surface area contributed by atoms with E-state index >= 15 is 0 Å². The number of aromatic nitrogens is 2. The molecule has 0 amide bonds. The zero-order valence-electron chi connectivity index (χ0n) is 11.5. The molecule has 0 aliphatic carbocycles. The lowest BCUT2D eigenvalue weighted by molar-refractivity contribution is 0.394. The van der Waals surface area contributed by atoms with E-state index in [1.54, 1.807) is 13.3 Å². The van der Waals surface area contributed by atoms with Crippen molar-refractivity contribution >= 4 is 21.9 Å². The first-order chi connectivity index (χ1) is 9.63. The summed E-state index contributed by atoms with van der Waals surface area (Å²) in [6, 6.07) is 8.20. The molecule has 2 N–H and O–H groups in total. The minimum atomic E-state index is 0.528. The van der Waals surface area contributed by atoms with Crippen LogP contribution >= 0.6 is 15.9 Å². The maximum Gasteiger partial charge on any atom is 0.232 e. The van der Waals surface area contributed by atoms with Crippen molar-refractivity contribution in [3.63, 3.8) is 0 Å². The number of methoxy groups -OCH3 is 1. The molecule has 6 heteroatoms. The Hall–Kier alpha value is -1.66. The lowest BCUT2D eigenvalue weighted by Crippen LogP contribution is -2.19. The summed E-state index contributed by atoms with van der Waals surface area (Å²) >= 11 is 3.34. The van der Waals surface area contributed by atoms with Crippen LogP contribution in [0.4, 0.5) is 5.95 Å². The van der Waals surface area contributed by atoms with Gasteiger partial charge in [0, 0.05) is 20.1 Å². The Balaban J connectivity index is 2.12. The van der Waals surface area contributed by atoms with Crippen LogP contribution in [-0.4, -0.2) is 24.1 Å². The van der Waals surface area contributed by atoms with Crippen molar-refractivity contribution in [3.8, 4) is 5.88 Å². The summed E-state index contributed by atoms with van der Waals surface area (Å²) in [4.78, 5) is 10.6. The number of nitrogens with zero attached hydrogens (tertiary/aromatic N) is 3. The molecule has 1 heterocycles. The Morgan fingerprint density at radius 2 is 1.90 bits per heavy atom. The van der Waals surface area contributed by atoms with Gasteiger partial charge in [-0.05, 0) is 27.1 Å². The van der Waals surface area contributed by atoms with Crippen LogP contribution in [0.1, 0.15) is 11.1 Å². The Bertz CT molecular complexity index is 574. The lowest BCUT2D eigenvalue weighted by Gasteiger charge is -2.18. The van der Waals surface area contributed by atoms with E-state index in [0.29, 0.717) is 18.4 Å². The molecule has 0 bridgehead atoms. The number of ether oxygens (including phenoxy) is 1. The number of halogens is 1. The molecule has 106 valence electrons. The topological polar surface area (TPSA) is 64.3 Å². The van der Waals surface area contributed by atoms with Crippen molar-refractivity contribution in [2.75, 3.05) is 19.1 Å². The van der Waals surface area contributed by atoms with E-state index in [1.165, 1.54) is 5.56 Å². The molecule has 0 aliphatic rings. The van der Waals surface area contributed by atoms with Crippen LogP contribution in [0.25, 0.3) is 0 Å². The highest BCUT2D eigenvalue weighted by atomic mass is 79.9.